The number of likely N-dealkylation sites (tertiary alicyclic amines) is 2. The summed E-state index contributed by atoms with van der Waals surface area (Å²) in [6.45, 7) is 6.54. The van der Waals surface area contributed by atoms with Gasteiger partial charge in [-0.3, -0.25) is 0 Å². The van der Waals surface area contributed by atoms with Crippen LogP contribution in [0.15, 0.2) is 0 Å². The third-order valence-corrected chi connectivity index (χ3v) is 5.46. The van der Waals surface area contributed by atoms with E-state index in [9.17, 15) is 0 Å². The van der Waals surface area contributed by atoms with Gasteiger partial charge in [-0.25, -0.2) is 0 Å². The maximum atomic E-state index is 6.55. The minimum atomic E-state index is 0.00561. The minimum Gasteiger partial charge on any atom is -0.381 e. The number of hydrogen-bond donors (Lipinski definition) is 1. The van der Waals surface area contributed by atoms with Crippen molar-refractivity contribution in [1.29, 1.82) is 0 Å². The fourth-order valence-corrected chi connectivity index (χ4v) is 4.25. The Kier molecular flexibility index (Phi) is 4.13. The van der Waals surface area contributed by atoms with Gasteiger partial charge in [-0.15, -0.1) is 0 Å². The second kappa shape index (κ2) is 5.68. The molecule has 0 aliphatic carbocycles. The Morgan fingerprint density at radius 1 is 1.21 bits per heavy atom. The Morgan fingerprint density at radius 3 is 2.79 bits per heavy atom. The van der Waals surface area contributed by atoms with Crippen LogP contribution in [-0.2, 0) is 4.74 Å². The average Bonchev–Trinajstić information content (AvgIpc) is 2.39. The standard InChI is InChI=1S/C15H29N3O/c1-17-7-2-3-13-11-18(8-4-14(13)17)12-15(16)5-9-19-10-6-15/h13-14H,2-12,16H2,1H3. The van der Waals surface area contributed by atoms with Crippen molar-refractivity contribution in [2.45, 2.75) is 43.7 Å². The molecule has 3 fully saturated rings. The third kappa shape index (κ3) is 3.13. The molecule has 4 heteroatoms. The van der Waals surface area contributed by atoms with Crippen LogP contribution in [0.4, 0.5) is 0 Å². The number of piperidine rings is 2. The molecular weight excluding hydrogens is 238 g/mol. The van der Waals surface area contributed by atoms with Crippen LogP contribution in [0.5, 0.6) is 0 Å². The molecule has 3 aliphatic heterocycles. The highest BCUT2D eigenvalue weighted by Gasteiger charge is 2.37. The molecule has 4 nitrogen and oxygen atoms in total. The van der Waals surface area contributed by atoms with Gasteiger partial charge in [0.25, 0.3) is 0 Å². The van der Waals surface area contributed by atoms with Gasteiger partial charge in [-0.1, -0.05) is 0 Å². The predicted molar refractivity (Wildman–Crippen MR) is 77.2 cm³/mol. The van der Waals surface area contributed by atoms with Gasteiger partial charge in [0.2, 0.25) is 0 Å². The summed E-state index contributed by atoms with van der Waals surface area (Å²) in [6.07, 6.45) is 6.15. The van der Waals surface area contributed by atoms with E-state index in [2.05, 4.69) is 16.8 Å². The van der Waals surface area contributed by atoms with Crippen molar-refractivity contribution in [1.82, 2.24) is 9.80 Å². The highest BCUT2D eigenvalue weighted by molar-refractivity contribution is 4.94. The van der Waals surface area contributed by atoms with Crippen LogP contribution in [-0.4, -0.2) is 67.8 Å². The lowest BCUT2D eigenvalue weighted by Crippen LogP contribution is -2.58. The molecule has 3 saturated heterocycles. The van der Waals surface area contributed by atoms with Gasteiger partial charge >= 0.3 is 0 Å². The lowest BCUT2D eigenvalue weighted by Gasteiger charge is -2.48. The monoisotopic (exact) mass is 267 g/mol. The van der Waals surface area contributed by atoms with Gasteiger partial charge in [0.05, 0.1) is 0 Å². The zero-order valence-electron chi connectivity index (χ0n) is 12.3. The Balaban J connectivity index is 1.55. The first-order valence-electron chi connectivity index (χ1n) is 7.96. The van der Waals surface area contributed by atoms with Crippen molar-refractivity contribution in [2.24, 2.45) is 11.7 Å². The highest BCUT2D eigenvalue weighted by Crippen LogP contribution is 2.30. The van der Waals surface area contributed by atoms with E-state index in [0.717, 1.165) is 44.6 Å². The van der Waals surface area contributed by atoms with E-state index in [1.807, 2.05) is 0 Å². The molecule has 110 valence electrons. The van der Waals surface area contributed by atoms with E-state index in [-0.39, 0.29) is 5.54 Å². The molecule has 0 aromatic carbocycles. The Hall–Kier alpha value is -0.160. The average molecular weight is 267 g/mol. The van der Waals surface area contributed by atoms with Crippen LogP contribution in [0.1, 0.15) is 32.1 Å². The van der Waals surface area contributed by atoms with Gasteiger partial charge in [0.1, 0.15) is 0 Å². The smallest absolute Gasteiger partial charge is 0.0484 e. The van der Waals surface area contributed by atoms with Gasteiger partial charge < -0.3 is 20.3 Å². The molecule has 0 aromatic rings. The molecule has 0 bridgehead atoms. The minimum absolute atomic E-state index is 0.00561. The number of nitrogens with two attached hydrogens (primary N) is 1. The maximum Gasteiger partial charge on any atom is 0.0484 e. The quantitative estimate of drug-likeness (QED) is 0.807. The van der Waals surface area contributed by atoms with E-state index in [1.54, 1.807) is 0 Å². The lowest BCUT2D eigenvalue weighted by molar-refractivity contribution is 0.00441. The van der Waals surface area contributed by atoms with E-state index in [1.165, 1.54) is 38.9 Å². The summed E-state index contributed by atoms with van der Waals surface area (Å²) in [6, 6.07) is 0.827. The fraction of sp³-hybridized carbons (Fsp3) is 1.00. The Bertz CT molecular complexity index is 304. The first-order chi connectivity index (χ1) is 9.16. The maximum absolute atomic E-state index is 6.55. The molecule has 0 amide bonds. The summed E-state index contributed by atoms with van der Waals surface area (Å²) >= 11 is 0. The Morgan fingerprint density at radius 2 is 2.00 bits per heavy atom. The van der Waals surface area contributed by atoms with E-state index >= 15 is 0 Å². The van der Waals surface area contributed by atoms with Crippen LogP contribution in [0.25, 0.3) is 0 Å². The van der Waals surface area contributed by atoms with Crippen molar-refractivity contribution in [3.05, 3.63) is 0 Å². The molecule has 3 rings (SSSR count). The molecule has 0 radical (unpaired) electrons. The summed E-state index contributed by atoms with van der Waals surface area (Å²) < 4.78 is 5.45. The topological polar surface area (TPSA) is 41.7 Å². The molecule has 2 N–H and O–H groups in total. The van der Waals surface area contributed by atoms with Crippen LogP contribution >= 0.6 is 0 Å². The molecule has 19 heavy (non-hydrogen) atoms. The first-order valence-corrected chi connectivity index (χ1v) is 7.96. The summed E-state index contributed by atoms with van der Waals surface area (Å²) in [4.78, 5) is 5.21. The van der Waals surface area contributed by atoms with Crippen LogP contribution in [0, 0.1) is 5.92 Å². The molecule has 2 unspecified atom stereocenters. The van der Waals surface area contributed by atoms with E-state index < -0.39 is 0 Å². The van der Waals surface area contributed by atoms with Gasteiger partial charge in [-0.05, 0) is 58.2 Å². The van der Waals surface area contributed by atoms with Crippen molar-refractivity contribution in [2.75, 3.05) is 46.4 Å². The Labute approximate surface area is 117 Å². The number of nitrogens with zero attached hydrogens (tertiary/aromatic N) is 2. The molecule has 0 saturated carbocycles. The van der Waals surface area contributed by atoms with Gasteiger partial charge in [-0.2, -0.15) is 0 Å². The SMILES string of the molecule is CN1CCCC2CN(CC3(N)CCOCC3)CCC21. The van der Waals surface area contributed by atoms with Crippen molar-refractivity contribution in [3.63, 3.8) is 0 Å². The third-order valence-electron chi connectivity index (χ3n) is 5.46. The fourth-order valence-electron chi connectivity index (χ4n) is 4.25. The lowest BCUT2D eigenvalue weighted by atomic mass is 9.82. The van der Waals surface area contributed by atoms with Gasteiger partial charge in [0, 0.05) is 37.9 Å². The normalized spacial score (nSPS) is 36.9. The van der Waals surface area contributed by atoms with E-state index in [4.69, 9.17) is 10.5 Å². The second-order valence-electron chi connectivity index (χ2n) is 6.95. The van der Waals surface area contributed by atoms with Crippen molar-refractivity contribution < 1.29 is 4.74 Å². The largest absolute Gasteiger partial charge is 0.381 e. The first kappa shape index (κ1) is 13.8. The number of hydrogen-bond acceptors (Lipinski definition) is 4. The van der Waals surface area contributed by atoms with Gasteiger partial charge in [0.15, 0.2) is 0 Å². The number of ether oxygens (including phenoxy) is 1. The molecule has 0 aromatic heterocycles. The molecular formula is C15H29N3O. The summed E-state index contributed by atoms with van der Waals surface area (Å²) in [5.41, 5.74) is 6.56. The number of fused-ring (bicyclic) bond motifs is 1. The van der Waals surface area contributed by atoms with Crippen molar-refractivity contribution >= 4 is 0 Å². The highest BCUT2D eigenvalue weighted by atomic mass is 16.5. The zero-order valence-corrected chi connectivity index (χ0v) is 12.3. The zero-order chi connectivity index (χ0) is 13.3. The summed E-state index contributed by atoms with van der Waals surface area (Å²) in [5, 5.41) is 0. The number of rotatable bonds is 2. The molecule has 3 aliphatic rings. The molecule has 0 spiro atoms. The summed E-state index contributed by atoms with van der Waals surface area (Å²) in [7, 11) is 2.30. The molecule has 3 heterocycles. The van der Waals surface area contributed by atoms with Crippen LogP contribution < -0.4 is 5.73 Å². The van der Waals surface area contributed by atoms with E-state index in [0.29, 0.717) is 0 Å². The predicted octanol–water partition coefficient (Wildman–Crippen LogP) is 0.910. The van der Waals surface area contributed by atoms with Crippen LogP contribution in [0.3, 0.4) is 0 Å². The second-order valence-corrected chi connectivity index (χ2v) is 6.95. The summed E-state index contributed by atoms with van der Waals surface area (Å²) in [5.74, 6) is 0.871. The van der Waals surface area contributed by atoms with Crippen LogP contribution in [0.2, 0.25) is 0 Å². The van der Waals surface area contributed by atoms with Crippen molar-refractivity contribution in [3.8, 4) is 0 Å². The molecule has 2 atom stereocenters.